The van der Waals surface area contributed by atoms with E-state index >= 15 is 0 Å². The van der Waals surface area contributed by atoms with Crippen LogP contribution in [-0.4, -0.2) is 52.6 Å². The van der Waals surface area contributed by atoms with Crippen LogP contribution in [0, 0.1) is 0 Å². The third-order valence-electron chi connectivity index (χ3n) is 7.13. The van der Waals surface area contributed by atoms with Gasteiger partial charge in [-0.15, -0.1) is 0 Å². The Bertz CT molecular complexity index is 1670. The third-order valence-corrected chi connectivity index (χ3v) is 7.13. The van der Waals surface area contributed by atoms with Crippen LogP contribution in [0.4, 0.5) is 0 Å². The highest BCUT2D eigenvalue weighted by Gasteiger charge is 2.48. The molecule has 0 fully saturated rings. The van der Waals surface area contributed by atoms with Crippen molar-refractivity contribution >= 4 is 17.0 Å². The lowest BCUT2D eigenvalue weighted by Gasteiger charge is -2.32. The van der Waals surface area contributed by atoms with Crippen LogP contribution in [0.25, 0.3) is 22.3 Å². The van der Waals surface area contributed by atoms with Crippen molar-refractivity contribution in [1.82, 2.24) is 9.97 Å². The summed E-state index contributed by atoms with van der Waals surface area (Å²) >= 11 is 0. The molecule has 1 aromatic heterocycles. The summed E-state index contributed by atoms with van der Waals surface area (Å²) in [6, 6.07) is 29.0. The highest BCUT2D eigenvalue weighted by atomic mass is 16.5. The van der Waals surface area contributed by atoms with Crippen molar-refractivity contribution in [2.45, 2.75) is 12.3 Å². The number of carbonyl (C=O) groups is 1. The molecular formula is C33H28N2O6. The van der Waals surface area contributed by atoms with Crippen LogP contribution < -0.4 is 14.2 Å². The summed E-state index contributed by atoms with van der Waals surface area (Å²) in [4.78, 5) is 21.8. The SMILES string of the molecule is CC(=O)Oc1ccc2nc3c(nc2c1)-c1ccccc1C3(c1ccc(OCCO)cc1)c1ccc(OCCO)cc1. The van der Waals surface area contributed by atoms with Crippen LogP contribution in [0.15, 0.2) is 91.0 Å². The van der Waals surface area contributed by atoms with Crippen molar-refractivity contribution < 1.29 is 29.2 Å². The monoisotopic (exact) mass is 548 g/mol. The Morgan fingerprint density at radius 3 is 1.90 bits per heavy atom. The second-order valence-electron chi connectivity index (χ2n) is 9.65. The number of aliphatic hydroxyl groups is 2. The Morgan fingerprint density at radius 1 is 0.732 bits per heavy atom. The van der Waals surface area contributed by atoms with Gasteiger partial charge >= 0.3 is 5.97 Å². The summed E-state index contributed by atoms with van der Waals surface area (Å²) in [5.74, 6) is 1.31. The van der Waals surface area contributed by atoms with Crippen LogP contribution in [-0.2, 0) is 10.2 Å². The van der Waals surface area contributed by atoms with E-state index in [4.69, 9.17) is 24.2 Å². The predicted octanol–water partition coefficient (Wildman–Crippen LogP) is 4.66. The Labute approximate surface area is 236 Å². The minimum atomic E-state index is -0.813. The van der Waals surface area contributed by atoms with Crippen molar-refractivity contribution in [2.75, 3.05) is 26.4 Å². The fourth-order valence-corrected chi connectivity index (χ4v) is 5.54. The zero-order valence-corrected chi connectivity index (χ0v) is 22.4. The molecule has 2 N–H and O–H groups in total. The largest absolute Gasteiger partial charge is 0.491 e. The van der Waals surface area contributed by atoms with Crippen LogP contribution in [0.2, 0.25) is 0 Å². The number of benzene rings is 4. The Morgan fingerprint density at radius 2 is 1.32 bits per heavy atom. The van der Waals surface area contributed by atoms with E-state index in [9.17, 15) is 15.0 Å². The average Bonchev–Trinajstić information content (AvgIpc) is 3.28. The molecular weight excluding hydrogens is 520 g/mol. The average molecular weight is 549 g/mol. The fourth-order valence-electron chi connectivity index (χ4n) is 5.54. The first-order chi connectivity index (χ1) is 20.0. The summed E-state index contributed by atoms with van der Waals surface area (Å²) in [5.41, 5.74) is 5.91. The number of carbonyl (C=O) groups excluding carboxylic acids is 1. The highest BCUT2D eigenvalue weighted by molar-refractivity contribution is 5.88. The van der Waals surface area contributed by atoms with Gasteiger partial charge in [0.05, 0.1) is 41.1 Å². The lowest BCUT2D eigenvalue weighted by atomic mass is 9.69. The molecule has 41 heavy (non-hydrogen) atoms. The van der Waals surface area contributed by atoms with Crippen LogP contribution >= 0.6 is 0 Å². The molecule has 206 valence electrons. The number of fused-ring (bicyclic) bond motifs is 4. The van der Waals surface area contributed by atoms with Crippen molar-refractivity contribution in [3.05, 3.63) is 113 Å². The van der Waals surface area contributed by atoms with Crippen molar-refractivity contribution in [2.24, 2.45) is 0 Å². The molecule has 5 aromatic rings. The molecule has 4 aromatic carbocycles. The molecule has 1 aliphatic rings. The molecule has 0 unspecified atom stereocenters. The molecule has 8 heteroatoms. The van der Waals surface area contributed by atoms with Gasteiger partial charge in [-0.25, -0.2) is 9.97 Å². The normalized spacial score (nSPS) is 13.0. The summed E-state index contributed by atoms with van der Waals surface area (Å²) in [6.07, 6.45) is 0. The molecule has 6 rings (SSSR count). The van der Waals surface area contributed by atoms with E-state index in [0.29, 0.717) is 28.3 Å². The number of esters is 1. The zero-order chi connectivity index (χ0) is 28.4. The van der Waals surface area contributed by atoms with Crippen LogP contribution in [0.1, 0.15) is 29.3 Å². The van der Waals surface area contributed by atoms with Gasteiger partial charge in [0.1, 0.15) is 30.5 Å². The van der Waals surface area contributed by atoms with Gasteiger partial charge in [-0.1, -0.05) is 48.5 Å². The maximum absolute atomic E-state index is 11.6. The van der Waals surface area contributed by atoms with E-state index < -0.39 is 11.4 Å². The van der Waals surface area contributed by atoms with Gasteiger partial charge in [-0.3, -0.25) is 4.79 Å². The number of aromatic nitrogens is 2. The Balaban J connectivity index is 1.60. The lowest BCUT2D eigenvalue weighted by Crippen LogP contribution is -2.29. The molecule has 1 aliphatic carbocycles. The van der Waals surface area contributed by atoms with Gasteiger partial charge in [0.25, 0.3) is 0 Å². The molecule has 0 aliphatic heterocycles. The van der Waals surface area contributed by atoms with E-state index in [1.165, 1.54) is 6.92 Å². The minimum absolute atomic E-state index is 0.0705. The van der Waals surface area contributed by atoms with Gasteiger partial charge in [0, 0.05) is 18.6 Å². The number of aliphatic hydroxyl groups excluding tert-OH is 2. The second kappa shape index (κ2) is 11.0. The quantitative estimate of drug-likeness (QED) is 0.198. The topological polar surface area (TPSA) is 111 Å². The van der Waals surface area contributed by atoms with Crippen molar-refractivity contribution in [1.29, 1.82) is 0 Å². The maximum Gasteiger partial charge on any atom is 0.308 e. The Hall–Kier alpha value is -4.79. The summed E-state index contributed by atoms with van der Waals surface area (Å²) in [7, 11) is 0. The van der Waals surface area contributed by atoms with Crippen molar-refractivity contribution in [3.63, 3.8) is 0 Å². The lowest BCUT2D eigenvalue weighted by molar-refractivity contribution is -0.131. The van der Waals surface area contributed by atoms with E-state index in [-0.39, 0.29) is 26.4 Å². The van der Waals surface area contributed by atoms with Crippen molar-refractivity contribution in [3.8, 4) is 28.5 Å². The maximum atomic E-state index is 11.6. The number of nitrogens with zero attached hydrogens (tertiary/aromatic N) is 2. The predicted molar refractivity (Wildman–Crippen MR) is 153 cm³/mol. The molecule has 0 amide bonds. The number of ether oxygens (including phenoxy) is 3. The molecule has 0 atom stereocenters. The summed E-state index contributed by atoms with van der Waals surface area (Å²) in [6.45, 7) is 1.64. The Kier molecular flexibility index (Phi) is 7.09. The smallest absolute Gasteiger partial charge is 0.308 e. The van der Waals surface area contributed by atoms with Gasteiger partial charge in [-0.05, 0) is 53.1 Å². The zero-order valence-electron chi connectivity index (χ0n) is 22.4. The van der Waals surface area contributed by atoms with E-state index in [0.717, 1.165) is 33.6 Å². The van der Waals surface area contributed by atoms with Gasteiger partial charge < -0.3 is 24.4 Å². The van der Waals surface area contributed by atoms with Crippen LogP contribution in [0.3, 0.4) is 0 Å². The molecule has 1 heterocycles. The first-order valence-corrected chi connectivity index (χ1v) is 13.3. The van der Waals surface area contributed by atoms with Gasteiger partial charge in [0.2, 0.25) is 0 Å². The third kappa shape index (κ3) is 4.67. The molecule has 0 radical (unpaired) electrons. The molecule has 8 nitrogen and oxygen atoms in total. The van der Waals surface area contributed by atoms with E-state index in [1.807, 2.05) is 72.8 Å². The fraction of sp³-hybridized carbons (Fsp3) is 0.182. The molecule has 0 spiro atoms. The first kappa shape index (κ1) is 26.4. The summed E-state index contributed by atoms with van der Waals surface area (Å²) in [5, 5.41) is 18.4. The van der Waals surface area contributed by atoms with Gasteiger partial charge in [-0.2, -0.15) is 0 Å². The standard InChI is InChI=1S/C33H28N2O6/c1-21(38)41-26-14-15-29-30(20-26)34-31-27-4-2-3-5-28(27)33(32(31)35-29,22-6-10-24(11-7-22)39-18-16-36)23-8-12-25(13-9-23)40-19-17-37/h2-15,20,36-37H,16-19H2,1H3. The molecule has 0 saturated heterocycles. The second-order valence-corrected chi connectivity index (χ2v) is 9.65. The van der Waals surface area contributed by atoms with Gasteiger partial charge in [0.15, 0.2) is 0 Å². The number of hydrogen-bond donors (Lipinski definition) is 2. The molecule has 0 bridgehead atoms. The van der Waals surface area contributed by atoms with Crippen LogP contribution in [0.5, 0.6) is 17.2 Å². The van der Waals surface area contributed by atoms with E-state index in [2.05, 4.69) is 6.07 Å². The number of rotatable bonds is 9. The highest BCUT2D eigenvalue weighted by Crippen LogP contribution is 2.55. The van der Waals surface area contributed by atoms with E-state index in [1.54, 1.807) is 12.1 Å². The minimum Gasteiger partial charge on any atom is -0.491 e. The first-order valence-electron chi connectivity index (χ1n) is 13.3. The summed E-state index contributed by atoms with van der Waals surface area (Å²) < 4.78 is 16.6. The molecule has 0 saturated carbocycles. The number of hydrogen-bond acceptors (Lipinski definition) is 8.